The van der Waals surface area contributed by atoms with Crippen molar-refractivity contribution in [3.63, 3.8) is 0 Å². The van der Waals surface area contributed by atoms with Gasteiger partial charge in [-0.1, -0.05) is 19.3 Å². The first kappa shape index (κ1) is 18.6. The number of halogens is 2. The number of nitrogens with two attached hydrogens (primary N) is 1. The van der Waals surface area contributed by atoms with Gasteiger partial charge in [-0.3, -0.25) is 4.79 Å². The maximum Gasteiger partial charge on any atom is 0.239 e. The molecular weight excluding hydrogens is 335 g/mol. The van der Waals surface area contributed by atoms with E-state index < -0.39 is 6.04 Å². The largest absolute Gasteiger partial charge is 0.341 e. The maximum absolute atomic E-state index is 12.6. The van der Waals surface area contributed by atoms with Crippen LogP contribution in [0.1, 0.15) is 38.5 Å². The third-order valence-corrected chi connectivity index (χ3v) is 5.58. The van der Waals surface area contributed by atoms with Crippen molar-refractivity contribution in [2.24, 2.45) is 17.6 Å². The van der Waals surface area contributed by atoms with Gasteiger partial charge in [0.1, 0.15) is 0 Å². The summed E-state index contributed by atoms with van der Waals surface area (Å²) in [5.74, 6) is 1.63. The molecule has 0 aromatic carbocycles. The van der Waals surface area contributed by atoms with E-state index >= 15 is 0 Å². The molecule has 3 atom stereocenters. The van der Waals surface area contributed by atoms with Crippen LogP contribution in [0.5, 0.6) is 0 Å². The number of aryl methyl sites for hydroxylation is 1. The second kappa shape index (κ2) is 8.36. The molecule has 0 bridgehead atoms. The Morgan fingerprint density at radius 2 is 2.09 bits per heavy atom. The van der Waals surface area contributed by atoms with Crippen LogP contribution in [0.3, 0.4) is 0 Å². The van der Waals surface area contributed by atoms with Crippen molar-refractivity contribution in [3.05, 3.63) is 17.7 Å². The summed E-state index contributed by atoms with van der Waals surface area (Å²) in [7, 11) is 0. The van der Waals surface area contributed by atoms with Gasteiger partial charge in [-0.25, -0.2) is 4.98 Å². The van der Waals surface area contributed by atoms with Gasteiger partial charge >= 0.3 is 0 Å². The smallest absolute Gasteiger partial charge is 0.239 e. The molecule has 2 aliphatic rings. The molecule has 1 unspecified atom stereocenters. The van der Waals surface area contributed by atoms with E-state index in [9.17, 15) is 4.79 Å². The number of carbonyl (C=O) groups is 1. The fourth-order valence-electron chi connectivity index (χ4n) is 3.91. The lowest BCUT2D eigenvalue weighted by molar-refractivity contribution is -0.135. The summed E-state index contributed by atoms with van der Waals surface area (Å²) in [5, 5.41) is 0.447. The van der Waals surface area contributed by atoms with Crippen molar-refractivity contribution < 1.29 is 4.79 Å². The second-order valence-electron chi connectivity index (χ2n) is 6.66. The minimum absolute atomic E-state index is 0. The van der Waals surface area contributed by atoms with E-state index in [-0.39, 0.29) is 18.3 Å². The van der Waals surface area contributed by atoms with Crippen LogP contribution in [0.15, 0.2) is 12.4 Å². The Labute approximate surface area is 149 Å². The Kier molecular flexibility index (Phi) is 6.74. The van der Waals surface area contributed by atoms with Crippen molar-refractivity contribution in [1.29, 1.82) is 0 Å². The van der Waals surface area contributed by atoms with Crippen LogP contribution in [0, 0.1) is 11.8 Å². The average molecular weight is 361 g/mol. The van der Waals surface area contributed by atoms with E-state index in [1.165, 1.54) is 25.7 Å². The Morgan fingerprint density at radius 1 is 1.35 bits per heavy atom. The standard InChI is InChI=1S/C16H25ClN4O.ClH/c17-16-19-7-10-20(16)9-6-14(18)15(22)21-8-5-12-3-1-2-4-13(12)11-21;/h7,10,12-14H,1-6,8-9,11,18H2;1H/t12-,13+,14?;/m1./s1. The minimum Gasteiger partial charge on any atom is -0.341 e. The molecule has 0 spiro atoms. The molecule has 130 valence electrons. The number of hydrogen-bond acceptors (Lipinski definition) is 3. The van der Waals surface area contributed by atoms with E-state index in [0.717, 1.165) is 25.4 Å². The molecule has 1 amide bonds. The molecule has 3 rings (SSSR count). The number of amides is 1. The van der Waals surface area contributed by atoms with Crippen LogP contribution in [-0.4, -0.2) is 39.5 Å². The van der Waals surface area contributed by atoms with Crippen LogP contribution in [-0.2, 0) is 11.3 Å². The Bertz CT molecular complexity index is 522. The number of likely N-dealkylation sites (tertiary alicyclic amines) is 1. The lowest BCUT2D eigenvalue weighted by Gasteiger charge is -2.42. The van der Waals surface area contributed by atoms with Gasteiger partial charge in [-0.2, -0.15) is 0 Å². The lowest BCUT2D eigenvalue weighted by Crippen LogP contribution is -2.50. The highest BCUT2D eigenvalue weighted by atomic mass is 35.5. The van der Waals surface area contributed by atoms with Crippen LogP contribution in [0.25, 0.3) is 0 Å². The number of carbonyl (C=O) groups excluding carboxylic acids is 1. The molecule has 2 N–H and O–H groups in total. The normalized spacial score (nSPS) is 25.4. The first-order chi connectivity index (χ1) is 10.6. The number of imidazole rings is 1. The number of aromatic nitrogens is 2. The molecule has 7 heteroatoms. The molecule has 1 aromatic rings. The number of nitrogens with zero attached hydrogens (tertiary/aromatic N) is 3. The van der Waals surface area contributed by atoms with Crippen molar-refractivity contribution in [3.8, 4) is 0 Å². The highest BCUT2D eigenvalue weighted by Crippen LogP contribution is 2.36. The SMILES string of the molecule is Cl.NC(CCn1ccnc1Cl)C(=O)N1CC[C@H]2CCCC[C@H]2C1. The van der Waals surface area contributed by atoms with Crippen LogP contribution in [0.2, 0.25) is 5.28 Å². The monoisotopic (exact) mass is 360 g/mol. The predicted octanol–water partition coefficient (Wildman–Crippen LogP) is 2.71. The summed E-state index contributed by atoms with van der Waals surface area (Å²) in [6.07, 6.45) is 10.5. The second-order valence-corrected chi connectivity index (χ2v) is 7.00. The molecule has 23 heavy (non-hydrogen) atoms. The Morgan fingerprint density at radius 3 is 2.78 bits per heavy atom. The molecule has 1 aliphatic heterocycles. The van der Waals surface area contributed by atoms with E-state index in [1.807, 2.05) is 15.7 Å². The number of hydrogen-bond donors (Lipinski definition) is 1. The predicted molar refractivity (Wildman–Crippen MR) is 93.7 cm³/mol. The lowest BCUT2D eigenvalue weighted by atomic mass is 9.75. The summed E-state index contributed by atoms with van der Waals surface area (Å²) < 4.78 is 1.82. The number of piperidine rings is 1. The van der Waals surface area contributed by atoms with Crippen molar-refractivity contribution in [2.75, 3.05) is 13.1 Å². The van der Waals surface area contributed by atoms with Crippen molar-refractivity contribution in [1.82, 2.24) is 14.5 Å². The quantitative estimate of drug-likeness (QED) is 0.897. The Hall–Kier alpha value is -0.780. The summed E-state index contributed by atoms with van der Waals surface area (Å²) in [4.78, 5) is 18.5. The maximum atomic E-state index is 12.6. The summed E-state index contributed by atoms with van der Waals surface area (Å²) in [6.45, 7) is 2.41. The van der Waals surface area contributed by atoms with E-state index in [4.69, 9.17) is 17.3 Å². The van der Waals surface area contributed by atoms with E-state index in [0.29, 0.717) is 24.2 Å². The van der Waals surface area contributed by atoms with Crippen LogP contribution < -0.4 is 5.73 Å². The highest BCUT2D eigenvalue weighted by Gasteiger charge is 2.34. The topological polar surface area (TPSA) is 64.2 Å². The van der Waals surface area contributed by atoms with Crippen LogP contribution >= 0.6 is 24.0 Å². The third kappa shape index (κ3) is 4.40. The van der Waals surface area contributed by atoms with Gasteiger partial charge in [0, 0.05) is 32.0 Å². The molecule has 0 radical (unpaired) electrons. The van der Waals surface area contributed by atoms with Crippen molar-refractivity contribution in [2.45, 2.75) is 51.1 Å². The van der Waals surface area contributed by atoms with Gasteiger partial charge in [0.2, 0.25) is 11.2 Å². The number of rotatable bonds is 4. The first-order valence-electron chi connectivity index (χ1n) is 8.36. The summed E-state index contributed by atoms with van der Waals surface area (Å²) in [5.41, 5.74) is 6.11. The first-order valence-corrected chi connectivity index (χ1v) is 8.74. The minimum atomic E-state index is -0.446. The molecule has 2 fully saturated rings. The summed E-state index contributed by atoms with van der Waals surface area (Å²) in [6, 6.07) is -0.446. The molecule has 1 saturated carbocycles. The van der Waals surface area contributed by atoms with Gasteiger partial charge in [-0.05, 0) is 42.7 Å². The Balaban J connectivity index is 0.00000192. The fraction of sp³-hybridized carbons (Fsp3) is 0.750. The fourth-order valence-corrected chi connectivity index (χ4v) is 4.11. The average Bonchev–Trinajstić information content (AvgIpc) is 2.96. The molecule has 1 aromatic heterocycles. The zero-order valence-corrected chi connectivity index (χ0v) is 14.9. The van der Waals surface area contributed by atoms with Gasteiger partial charge < -0.3 is 15.2 Å². The van der Waals surface area contributed by atoms with Gasteiger partial charge in [0.15, 0.2) is 0 Å². The molecular formula is C16H26Cl2N4O. The van der Waals surface area contributed by atoms with E-state index in [1.54, 1.807) is 6.20 Å². The van der Waals surface area contributed by atoms with Crippen LogP contribution in [0.4, 0.5) is 0 Å². The van der Waals surface area contributed by atoms with Gasteiger partial charge in [-0.15, -0.1) is 12.4 Å². The molecule has 5 nitrogen and oxygen atoms in total. The van der Waals surface area contributed by atoms with Gasteiger partial charge in [0.05, 0.1) is 6.04 Å². The third-order valence-electron chi connectivity index (χ3n) is 5.27. The van der Waals surface area contributed by atoms with Gasteiger partial charge in [0.25, 0.3) is 0 Å². The number of fused-ring (bicyclic) bond motifs is 1. The highest BCUT2D eigenvalue weighted by molar-refractivity contribution is 6.28. The zero-order chi connectivity index (χ0) is 15.5. The zero-order valence-electron chi connectivity index (χ0n) is 13.4. The molecule has 2 heterocycles. The summed E-state index contributed by atoms with van der Waals surface area (Å²) >= 11 is 5.94. The van der Waals surface area contributed by atoms with Crippen molar-refractivity contribution >= 4 is 29.9 Å². The molecule has 1 saturated heterocycles. The molecule has 1 aliphatic carbocycles. The van der Waals surface area contributed by atoms with E-state index in [2.05, 4.69) is 4.98 Å².